The number of halogens is 2. The Morgan fingerprint density at radius 2 is 1.61 bits per heavy atom. The van der Waals surface area contributed by atoms with Crippen LogP contribution in [0.25, 0.3) is 0 Å². The molecule has 0 aliphatic heterocycles. The van der Waals surface area contributed by atoms with Gasteiger partial charge < -0.3 is 4.74 Å². The van der Waals surface area contributed by atoms with E-state index in [9.17, 15) is 13.6 Å². The molecule has 18 heavy (non-hydrogen) atoms. The molecule has 0 bridgehead atoms. The van der Waals surface area contributed by atoms with Crippen molar-refractivity contribution in [2.75, 3.05) is 0 Å². The number of ether oxygens (including phenoxy) is 1. The van der Waals surface area contributed by atoms with Gasteiger partial charge in [0.2, 0.25) is 0 Å². The molecular formula is C14H10F2O2. The zero-order valence-electron chi connectivity index (χ0n) is 9.40. The van der Waals surface area contributed by atoms with E-state index in [1.165, 1.54) is 18.2 Å². The largest absolute Gasteiger partial charge is 0.489 e. The van der Waals surface area contributed by atoms with E-state index in [0.717, 1.165) is 0 Å². The molecule has 2 aromatic rings. The van der Waals surface area contributed by atoms with Crippen LogP contribution in [-0.4, -0.2) is 6.29 Å². The highest BCUT2D eigenvalue weighted by molar-refractivity contribution is 5.74. The van der Waals surface area contributed by atoms with Crippen molar-refractivity contribution >= 4 is 6.29 Å². The molecule has 0 N–H and O–H groups in total. The molecule has 0 amide bonds. The number of rotatable bonds is 4. The minimum Gasteiger partial charge on any atom is -0.489 e. The zero-order chi connectivity index (χ0) is 13.0. The van der Waals surface area contributed by atoms with Crippen LogP contribution in [0.4, 0.5) is 8.78 Å². The molecule has 0 fully saturated rings. The van der Waals surface area contributed by atoms with Gasteiger partial charge >= 0.3 is 0 Å². The molecule has 0 saturated heterocycles. The first-order chi connectivity index (χ1) is 8.70. The molecule has 92 valence electrons. The monoisotopic (exact) mass is 248 g/mol. The summed E-state index contributed by atoms with van der Waals surface area (Å²) in [5.74, 6) is -0.831. The Hall–Kier alpha value is -2.23. The standard InChI is InChI=1S/C14H10F2O2/c15-13-2-1-3-14(16)12(13)9-18-11-6-4-10(8-17)5-7-11/h1-8H,9H2. The summed E-state index contributed by atoms with van der Waals surface area (Å²) < 4.78 is 31.9. The molecule has 0 aromatic heterocycles. The van der Waals surface area contributed by atoms with E-state index in [1.807, 2.05) is 0 Å². The van der Waals surface area contributed by atoms with Crippen molar-refractivity contribution in [3.8, 4) is 5.75 Å². The summed E-state index contributed by atoms with van der Waals surface area (Å²) in [5, 5.41) is 0. The minimum absolute atomic E-state index is 0.114. The number of hydrogen-bond acceptors (Lipinski definition) is 2. The number of aldehydes is 1. The van der Waals surface area contributed by atoms with E-state index in [0.29, 0.717) is 17.6 Å². The van der Waals surface area contributed by atoms with Crippen molar-refractivity contribution in [2.24, 2.45) is 0 Å². The molecule has 0 radical (unpaired) electrons. The van der Waals surface area contributed by atoms with Gasteiger partial charge in [0.1, 0.15) is 30.3 Å². The maximum absolute atomic E-state index is 13.3. The van der Waals surface area contributed by atoms with Gasteiger partial charge in [0.25, 0.3) is 0 Å². The number of carbonyl (C=O) groups excluding carboxylic acids is 1. The van der Waals surface area contributed by atoms with Crippen molar-refractivity contribution in [1.82, 2.24) is 0 Å². The lowest BCUT2D eigenvalue weighted by Crippen LogP contribution is -2.01. The van der Waals surface area contributed by atoms with E-state index < -0.39 is 11.6 Å². The Kier molecular flexibility index (Phi) is 3.67. The van der Waals surface area contributed by atoms with E-state index in [-0.39, 0.29) is 12.2 Å². The van der Waals surface area contributed by atoms with Gasteiger partial charge in [-0.15, -0.1) is 0 Å². The van der Waals surface area contributed by atoms with E-state index in [1.54, 1.807) is 24.3 Å². The van der Waals surface area contributed by atoms with Gasteiger partial charge in [-0.25, -0.2) is 8.78 Å². The van der Waals surface area contributed by atoms with Crippen LogP contribution in [0.1, 0.15) is 15.9 Å². The highest BCUT2D eigenvalue weighted by Crippen LogP contribution is 2.17. The maximum atomic E-state index is 13.3. The first-order valence-electron chi connectivity index (χ1n) is 5.31. The normalized spacial score (nSPS) is 10.1. The molecular weight excluding hydrogens is 238 g/mol. The van der Waals surface area contributed by atoms with Crippen LogP contribution in [0.3, 0.4) is 0 Å². The summed E-state index contributed by atoms with van der Waals surface area (Å²) in [6.45, 7) is -0.195. The third-order valence-corrected chi connectivity index (χ3v) is 2.46. The Balaban J connectivity index is 2.09. The predicted octanol–water partition coefficient (Wildman–Crippen LogP) is 3.36. The summed E-state index contributed by atoms with van der Waals surface area (Å²) in [4.78, 5) is 10.4. The minimum atomic E-state index is -0.639. The number of hydrogen-bond donors (Lipinski definition) is 0. The average molecular weight is 248 g/mol. The lowest BCUT2D eigenvalue weighted by atomic mass is 10.2. The van der Waals surface area contributed by atoms with E-state index >= 15 is 0 Å². The topological polar surface area (TPSA) is 26.3 Å². The molecule has 0 heterocycles. The second kappa shape index (κ2) is 5.40. The fourth-order valence-corrected chi connectivity index (χ4v) is 1.47. The van der Waals surface area contributed by atoms with Crippen molar-refractivity contribution in [3.05, 3.63) is 65.2 Å². The molecule has 0 atom stereocenters. The van der Waals surface area contributed by atoms with Gasteiger partial charge in [-0.05, 0) is 36.4 Å². The average Bonchev–Trinajstić information content (AvgIpc) is 2.39. The van der Waals surface area contributed by atoms with Crippen LogP contribution in [0.5, 0.6) is 5.75 Å². The molecule has 0 unspecified atom stereocenters. The Labute approximate surface area is 103 Å². The highest BCUT2D eigenvalue weighted by Gasteiger charge is 2.08. The molecule has 0 spiro atoms. The van der Waals surface area contributed by atoms with E-state index in [2.05, 4.69) is 0 Å². The van der Waals surface area contributed by atoms with Crippen LogP contribution in [0.15, 0.2) is 42.5 Å². The van der Waals surface area contributed by atoms with Crippen LogP contribution in [-0.2, 0) is 6.61 Å². The highest BCUT2D eigenvalue weighted by atomic mass is 19.1. The first kappa shape index (κ1) is 12.2. The van der Waals surface area contributed by atoms with Crippen molar-refractivity contribution in [2.45, 2.75) is 6.61 Å². The molecule has 4 heteroatoms. The third kappa shape index (κ3) is 2.71. The van der Waals surface area contributed by atoms with Crippen molar-refractivity contribution in [3.63, 3.8) is 0 Å². The molecule has 2 nitrogen and oxygen atoms in total. The summed E-state index contributed by atoms with van der Waals surface area (Å²) in [6, 6.07) is 9.94. The summed E-state index contributed by atoms with van der Waals surface area (Å²) in [6.07, 6.45) is 0.709. The fraction of sp³-hybridized carbons (Fsp3) is 0.0714. The smallest absolute Gasteiger partial charge is 0.150 e. The second-order valence-electron chi connectivity index (χ2n) is 3.68. The molecule has 2 aromatic carbocycles. The second-order valence-corrected chi connectivity index (χ2v) is 3.68. The molecule has 0 saturated carbocycles. The first-order valence-corrected chi connectivity index (χ1v) is 5.31. The van der Waals surface area contributed by atoms with E-state index in [4.69, 9.17) is 4.74 Å². The Morgan fingerprint density at radius 1 is 1.00 bits per heavy atom. The summed E-state index contributed by atoms with van der Waals surface area (Å²) >= 11 is 0. The number of benzene rings is 2. The van der Waals surface area contributed by atoms with Crippen molar-refractivity contribution in [1.29, 1.82) is 0 Å². The van der Waals surface area contributed by atoms with Gasteiger partial charge in [0.05, 0.1) is 5.56 Å². The zero-order valence-corrected chi connectivity index (χ0v) is 9.40. The molecule has 0 aliphatic carbocycles. The Bertz CT molecular complexity index is 530. The maximum Gasteiger partial charge on any atom is 0.150 e. The van der Waals surface area contributed by atoms with Crippen LogP contribution >= 0.6 is 0 Å². The predicted molar refractivity (Wildman–Crippen MR) is 62.5 cm³/mol. The molecule has 2 rings (SSSR count). The van der Waals surface area contributed by atoms with Gasteiger partial charge in [0.15, 0.2) is 0 Å². The van der Waals surface area contributed by atoms with Gasteiger partial charge in [0, 0.05) is 5.56 Å². The van der Waals surface area contributed by atoms with Crippen LogP contribution in [0.2, 0.25) is 0 Å². The quantitative estimate of drug-likeness (QED) is 0.775. The van der Waals surface area contributed by atoms with Crippen LogP contribution in [0, 0.1) is 11.6 Å². The fourth-order valence-electron chi connectivity index (χ4n) is 1.47. The molecule has 0 aliphatic rings. The van der Waals surface area contributed by atoms with Gasteiger partial charge in [-0.1, -0.05) is 6.07 Å². The van der Waals surface area contributed by atoms with Crippen LogP contribution < -0.4 is 4.74 Å². The summed E-state index contributed by atoms with van der Waals surface area (Å²) in [7, 11) is 0. The number of carbonyl (C=O) groups is 1. The Morgan fingerprint density at radius 3 is 2.17 bits per heavy atom. The van der Waals surface area contributed by atoms with Gasteiger partial charge in [-0.2, -0.15) is 0 Å². The van der Waals surface area contributed by atoms with Crippen molar-refractivity contribution < 1.29 is 18.3 Å². The lowest BCUT2D eigenvalue weighted by molar-refractivity contribution is 0.112. The summed E-state index contributed by atoms with van der Waals surface area (Å²) in [5.41, 5.74) is 0.399. The van der Waals surface area contributed by atoms with Gasteiger partial charge in [-0.3, -0.25) is 4.79 Å². The third-order valence-electron chi connectivity index (χ3n) is 2.46. The SMILES string of the molecule is O=Cc1ccc(OCc2c(F)cccc2F)cc1. The lowest BCUT2D eigenvalue weighted by Gasteiger charge is -2.08.